The van der Waals surface area contributed by atoms with Crippen molar-refractivity contribution >= 4 is 5.91 Å². The Morgan fingerprint density at radius 3 is 2.73 bits per heavy atom. The maximum atomic E-state index is 14.3. The van der Waals surface area contributed by atoms with Gasteiger partial charge in [0.05, 0.1) is 29.9 Å². The number of hydrogen-bond donors (Lipinski definition) is 1. The van der Waals surface area contributed by atoms with Crippen LogP contribution in [0.25, 0.3) is 0 Å². The Kier molecular flexibility index (Phi) is 3.47. The van der Waals surface area contributed by atoms with Gasteiger partial charge in [0, 0.05) is 12.1 Å². The maximum absolute atomic E-state index is 14.3. The molecule has 1 aromatic carbocycles. The predicted molar refractivity (Wildman–Crippen MR) is 92.6 cm³/mol. The second-order valence-corrected chi connectivity index (χ2v) is 7.85. The van der Waals surface area contributed by atoms with Gasteiger partial charge < -0.3 is 10.0 Å². The smallest absolute Gasteiger partial charge is 0.233 e. The molecule has 1 atom stereocenters. The van der Waals surface area contributed by atoms with Crippen molar-refractivity contribution in [3.8, 4) is 0 Å². The molecule has 5 rings (SSSR count). The van der Waals surface area contributed by atoms with Crippen molar-refractivity contribution in [2.24, 2.45) is 5.92 Å². The maximum Gasteiger partial charge on any atom is 0.233 e. The Hall–Kier alpha value is -2.21. The molecule has 1 aliphatic heterocycles. The quantitative estimate of drug-likeness (QED) is 0.917. The number of carbonyl (C=O) groups excluding carboxylic acids is 1. The number of benzene rings is 1. The van der Waals surface area contributed by atoms with Crippen LogP contribution in [0.2, 0.25) is 0 Å². The van der Waals surface area contributed by atoms with E-state index in [1.165, 1.54) is 6.07 Å². The highest BCUT2D eigenvalue weighted by atomic mass is 19.1. The monoisotopic (exact) mass is 355 g/mol. The van der Waals surface area contributed by atoms with Crippen molar-refractivity contribution < 1.29 is 14.3 Å². The summed E-state index contributed by atoms with van der Waals surface area (Å²) < 4.78 is 16.1. The number of hydrogen-bond acceptors (Lipinski definition) is 3. The molecule has 136 valence electrons. The molecular weight excluding hydrogens is 333 g/mol. The van der Waals surface area contributed by atoms with Crippen molar-refractivity contribution in [3.63, 3.8) is 0 Å². The topological polar surface area (TPSA) is 58.4 Å². The molecule has 2 saturated carbocycles. The van der Waals surface area contributed by atoms with E-state index in [1.807, 2.05) is 15.6 Å². The third-order valence-corrected chi connectivity index (χ3v) is 6.02. The van der Waals surface area contributed by atoms with Gasteiger partial charge in [0.25, 0.3) is 0 Å². The Morgan fingerprint density at radius 1 is 1.27 bits per heavy atom. The fourth-order valence-corrected chi connectivity index (χ4v) is 4.14. The first kappa shape index (κ1) is 16.0. The highest BCUT2D eigenvalue weighted by Gasteiger charge is 2.54. The van der Waals surface area contributed by atoms with Crippen LogP contribution in [0.3, 0.4) is 0 Å². The van der Waals surface area contributed by atoms with E-state index >= 15 is 0 Å². The van der Waals surface area contributed by atoms with Gasteiger partial charge in [-0.05, 0) is 43.7 Å². The van der Waals surface area contributed by atoms with Crippen LogP contribution in [-0.2, 0) is 23.3 Å². The Labute approximate surface area is 151 Å². The fourth-order valence-electron chi connectivity index (χ4n) is 4.14. The summed E-state index contributed by atoms with van der Waals surface area (Å²) in [6.45, 7) is 1.66. The van der Waals surface area contributed by atoms with Gasteiger partial charge in [-0.25, -0.2) is 4.39 Å². The number of rotatable bonds is 4. The van der Waals surface area contributed by atoms with Crippen molar-refractivity contribution in [3.05, 3.63) is 53.1 Å². The van der Waals surface area contributed by atoms with Gasteiger partial charge in [-0.15, -0.1) is 0 Å². The van der Waals surface area contributed by atoms with E-state index < -0.39 is 11.5 Å². The molecule has 1 N–H and O–H groups in total. The van der Waals surface area contributed by atoms with E-state index in [0.29, 0.717) is 49.7 Å². The van der Waals surface area contributed by atoms with E-state index in [0.717, 1.165) is 18.5 Å². The molecule has 5 nitrogen and oxygen atoms in total. The first-order valence-corrected chi connectivity index (χ1v) is 9.37. The van der Waals surface area contributed by atoms with Crippen molar-refractivity contribution in [1.82, 2.24) is 14.7 Å². The standard InChI is InChI=1S/C20H22FN3O2/c21-16-4-2-1-3-15(16)20(7-8-20)19(26)23-9-10-24-14(12-23)11-17(22-24)18(25)13-5-6-13/h1-4,11,13,18,25H,5-10,12H2. The zero-order valence-electron chi connectivity index (χ0n) is 14.6. The number of carbonyl (C=O) groups is 1. The van der Waals surface area contributed by atoms with E-state index in [4.69, 9.17) is 0 Å². The molecule has 2 heterocycles. The first-order chi connectivity index (χ1) is 12.6. The summed E-state index contributed by atoms with van der Waals surface area (Å²) >= 11 is 0. The molecule has 1 amide bonds. The highest BCUT2D eigenvalue weighted by molar-refractivity contribution is 5.91. The Balaban J connectivity index is 1.37. The summed E-state index contributed by atoms with van der Waals surface area (Å²) in [4.78, 5) is 15.0. The molecule has 2 aromatic rings. The highest BCUT2D eigenvalue weighted by Crippen LogP contribution is 2.50. The van der Waals surface area contributed by atoms with E-state index in [2.05, 4.69) is 5.10 Å². The first-order valence-electron chi connectivity index (χ1n) is 9.37. The molecule has 2 aliphatic carbocycles. The van der Waals surface area contributed by atoms with Gasteiger partial charge in [0.2, 0.25) is 5.91 Å². The van der Waals surface area contributed by atoms with Gasteiger partial charge in [-0.2, -0.15) is 5.10 Å². The normalized spacial score (nSPS) is 22.0. The number of aliphatic hydroxyl groups excluding tert-OH is 1. The van der Waals surface area contributed by atoms with Crippen molar-refractivity contribution in [2.75, 3.05) is 6.54 Å². The summed E-state index contributed by atoms with van der Waals surface area (Å²) in [7, 11) is 0. The lowest BCUT2D eigenvalue weighted by atomic mass is 9.93. The zero-order valence-corrected chi connectivity index (χ0v) is 14.6. The average molecular weight is 355 g/mol. The number of aliphatic hydroxyl groups is 1. The van der Waals surface area contributed by atoms with Crippen LogP contribution in [0.1, 0.15) is 48.7 Å². The molecule has 0 spiro atoms. The summed E-state index contributed by atoms with van der Waals surface area (Å²) in [6, 6.07) is 8.54. The number of aromatic nitrogens is 2. The summed E-state index contributed by atoms with van der Waals surface area (Å²) in [5.41, 5.74) is 1.49. The van der Waals surface area contributed by atoms with Gasteiger partial charge in [0.1, 0.15) is 11.9 Å². The summed E-state index contributed by atoms with van der Waals surface area (Å²) in [5, 5.41) is 14.8. The lowest BCUT2D eigenvalue weighted by Gasteiger charge is -2.31. The van der Waals surface area contributed by atoms with E-state index in [1.54, 1.807) is 18.2 Å². The number of amides is 1. The predicted octanol–water partition coefficient (Wildman–Crippen LogP) is 2.54. The van der Waals surface area contributed by atoms with Crippen LogP contribution < -0.4 is 0 Å². The molecular formula is C20H22FN3O2. The molecule has 0 bridgehead atoms. The lowest BCUT2D eigenvalue weighted by molar-refractivity contribution is -0.135. The van der Waals surface area contributed by atoms with Crippen LogP contribution in [0.4, 0.5) is 4.39 Å². The number of halogens is 1. The molecule has 0 radical (unpaired) electrons. The van der Waals surface area contributed by atoms with E-state index in [9.17, 15) is 14.3 Å². The number of nitrogens with zero attached hydrogens (tertiary/aromatic N) is 3. The number of fused-ring (bicyclic) bond motifs is 1. The Bertz CT molecular complexity index is 870. The second kappa shape index (κ2) is 5.64. The van der Waals surface area contributed by atoms with Crippen molar-refractivity contribution in [1.29, 1.82) is 0 Å². The second-order valence-electron chi connectivity index (χ2n) is 7.85. The third-order valence-electron chi connectivity index (χ3n) is 6.02. The summed E-state index contributed by atoms with van der Waals surface area (Å²) in [5.74, 6) is 0.0510. The Morgan fingerprint density at radius 2 is 2.04 bits per heavy atom. The molecule has 0 saturated heterocycles. The van der Waals surface area contributed by atoms with Crippen LogP contribution in [0, 0.1) is 11.7 Å². The van der Waals surface area contributed by atoms with Crippen LogP contribution in [0.15, 0.2) is 30.3 Å². The van der Waals surface area contributed by atoms with Gasteiger partial charge in [-0.3, -0.25) is 9.48 Å². The zero-order chi connectivity index (χ0) is 17.9. The van der Waals surface area contributed by atoms with Gasteiger partial charge >= 0.3 is 0 Å². The molecule has 1 aromatic heterocycles. The van der Waals surface area contributed by atoms with Gasteiger partial charge in [0.15, 0.2) is 0 Å². The van der Waals surface area contributed by atoms with Crippen LogP contribution in [-0.4, -0.2) is 32.2 Å². The minimum absolute atomic E-state index is 0.0133. The van der Waals surface area contributed by atoms with Crippen LogP contribution >= 0.6 is 0 Å². The third kappa shape index (κ3) is 2.47. The average Bonchev–Trinajstić information content (AvgIpc) is 3.57. The molecule has 3 aliphatic rings. The minimum atomic E-state index is -0.691. The van der Waals surface area contributed by atoms with Crippen LogP contribution in [0.5, 0.6) is 0 Å². The van der Waals surface area contributed by atoms with Crippen molar-refractivity contribution in [2.45, 2.75) is 50.3 Å². The molecule has 1 unspecified atom stereocenters. The van der Waals surface area contributed by atoms with Gasteiger partial charge in [-0.1, -0.05) is 18.2 Å². The largest absolute Gasteiger partial charge is 0.386 e. The summed E-state index contributed by atoms with van der Waals surface area (Å²) in [6.07, 6.45) is 3.02. The lowest BCUT2D eigenvalue weighted by Crippen LogP contribution is -2.44. The van der Waals surface area contributed by atoms with E-state index in [-0.39, 0.29) is 11.7 Å². The fraction of sp³-hybridized carbons (Fsp3) is 0.500. The molecule has 2 fully saturated rings. The molecule has 26 heavy (non-hydrogen) atoms. The molecule has 6 heteroatoms. The SMILES string of the molecule is O=C(N1CCn2nc(C(O)C3CC3)cc2C1)C1(c2ccccc2F)CC1. The minimum Gasteiger partial charge on any atom is -0.386 e.